The molecule has 1 aliphatic rings. The number of likely N-dealkylation sites (N-methyl/N-ethyl adjacent to an activating group) is 1. The molecule has 1 saturated heterocycles. The predicted octanol–water partition coefficient (Wildman–Crippen LogP) is 1.81. The molecule has 22 heavy (non-hydrogen) atoms. The smallest absolute Gasteiger partial charge is 0.233 e. The van der Waals surface area contributed by atoms with E-state index in [4.69, 9.17) is 0 Å². The van der Waals surface area contributed by atoms with Crippen LogP contribution in [-0.2, 0) is 11.2 Å². The monoisotopic (exact) mass is 303 g/mol. The Balaban J connectivity index is 1.64. The molecule has 122 valence electrons. The van der Waals surface area contributed by atoms with Crippen LogP contribution in [0, 0.1) is 0 Å². The average molecular weight is 303 g/mol. The Morgan fingerprint density at radius 2 is 1.95 bits per heavy atom. The second kappa shape index (κ2) is 8.91. The highest BCUT2D eigenvalue weighted by molar-refractivity contribution is 5.77. The van der Waals surface area contributed by atoms with Gasteiger partial charge in [0.05, 0.1) is 6.54 Å². The van der Waals surface area contributed by atoms with Gasteiger partial charge in [-0.15, -0.1) is 0 Å². The van der Waals surface area contributed by atoms with Crippen molar-refractivity contribution in [3.05, 3.63) is 35.9 Å². The van der Waals surface area contributed by atoms with E-state index in [0.717, 1.165) is 32.4 Å². The highest BCUT2D eigenvalue weighted by Gasteiger charge is 2.21. The number of nitrogens with zero attached hydrogens (tertiary/aromatic N) is 1. The fourth-order valence-corrected chi connectivity index (χ4v) is 3.05. The second-order valence-electron chi connectivity index (χ2n) is 6.32. The van der Waals surface area contributed by atoms with E-state index in [1.807, 2.05) is 0 Å². The van der Waals surface area contributed by atoms with E-state index in [2.05, 4.69) is 52.8 Å². The van der Waals surface area contributed by atoms with Gasteiger partial charge in [0, 0.05) is 32.2 Å². The predicted molar refractivity (Wildman–Crippen MR) is 90.9 cm³/mol. The first-order valence-corrected chi connectivity index (χ1v) is 8.40. The fraction of sp³-hybridized carbons (Fsp3) is 0.611. The molecule has 1 heterocycles. The van der Waals surface area contributed by atoms with Gasteiger partial charge in [0.15, 0.2) is 0 Å². The van der Waals surface area contributed by atoms with Gasteiger partial charge in [-0.3, -0.25) is 9.69 Å². The first-order chi connectivity index (χ1) is 10.7. The fourth-order valence-electron chi connectivity index (χ4n) is 3.05. The Kier molecular flexibility index (Phi) is 6.87. The summed E-state index contributed by atoms with van der Waals surface area (Å²) in [6, 6.07) is 11.8. The molecule has 4 nitrogen and oxygen atoms in total. The molecule has 2 rings (SSSR count). The summed E-state index contributed by atoms with van der Waals surface area (Å²) in [5.41, 5.74) is 1.41. The normalized spacial score (nSPS) is 18.1. The first-order valence-electron chi connectivity index (χ1n) is 8.40. The number of hydrogen-bond acceptors (Lipinski definition) is 3. The summed E-state index contributed by atoms with van der Waals surface area (Å²) in [5.74, 6) is 0.114. The van der Waals surface area contributed by atoms with Crippen LogP contribution in [0.2, 0.25) is 0 Å². The van der Waals surface area contributed by atoms with Gasteiger partial charge in [-0.05, 0) is 38.2 Å². The summed E-state index contributed by atoms with van der Waals surface area (Å²) >= 11 is 0. The van der Waals surface area contributed by atoms with Gasteiger partial charge < -0.3 is 10.6 Å². The summed E-state index contributed by atoms with van der Waals surface area (Å²) in [4.78, 5) is 13.6. The highest BCUT2D eigenvalue weighted by atomic mass is 16.1. The number of rotatable bonds is 7. The third kappa shape index (κ3) is 5.78. The van der Waals surface area contributed by atoms with Gasteiger partial charge in [-0.2, -0.15) is 0 Å². The standard InChI is InChI=1S/C18H29N3O/c1-15(8-9-16-6-4-3-5-7-16)20-17-10-12-21(13-11-17)14-18(22)19-2/h3-7,15,17,20H,8-14H2,1-2H3,(H,19,22). The van der Waals surface area contributed by atoms with Crippen molar-refractivity contribution in [1.82, 2.24) is 15.5 Å². The second-order valence-corrected chi connectivity index (χ2v) is 6.32. The molecule has 2 N–H and O–H groups in total. The number of carbonyl (C=O) groups excluding carboxylic acids is 1. The van der Waals surface area contributed by atoms with E-state index in [-0.39, 0.29) is 5.91 Å². The summed E-state index contributed by atoms with van der Waals surface area (Å²) < 4.78 is 0. The lowest BCUT2D eigenvalue weighted by molar-refractivity contribution is -0.122. The van der Waals surface area contributed by atoms with Gasteiger partial charge in [0.2, 0.25) is 5.91 Å². The van der Waals surface area contributed by atoms with Crippen LogP contribution in [0.3, 0.4) is 0 Å². The lowest BCUT2D eigenvalue weighted by Crippen LogP contribution is -2.47. The SMILES string of the molecule is CNC(=O)CN1CCC(NC(C)CCc2ccccc2)CC1. The third-order valence-electron chi connectivity index (χ3n) is 4.46. The molecule has 4 heteroatoms. The topological polar surface area (TPSA) is 44.4 Å². The number of carbonyl (C=O) groups is 1. The summed E-state index contributed by atoms with van der Waals surface area (Å²) in [7, 11) is 1.70. The quantitative estimate of drug-likeness (QED) is 0.807. The minimum absolute atomic E-state index is 0.114. The Labute approximate surface area is 134 Å². The van der Waals surface area contributed by atoms with Crippen molar-refractivity contribution in [2.45, 2.75) is 44.7 Å². The van der Waals surface area contributed by atoms with Crippen LogP contribution in [0.1, 0.15) is 31.7 Å². The van der Waals surface area contributed by atoms with Gasteiger partial charge in [0.1, 0.15) is 0 Å². The molecule has 0 radical (unpaired) electrons. The first kappa shape index (κ1) is 17.0. The van der Waals surface area contributed by atoms with Crippen molar-refractivity contribution < 1.29 is 4.79 Å². The van der Waals surface area contributed by atoms with Gasteiger partial charge >= 0.3 is 0 Å². The Hall–Kier alpha value is -1.39. The number of amides is 1. The van der Waals surface area contributed by atoms with E-state index >= 15 is 0 Å². The minimum atomic E-state index is 0.114. The molecule has 1 aliphatic heterocycles. The highest BCUT2D eigenvalue weighted by Crippen LogP contribution is 2.12. The largest absolute Gasteiger partial charge is 0.358 e. The maximum absolute atomic E-state index is 11.4. The molecule has 1 fully saturated rings. The summed E-state index contributed by atoms with van der Waals surface area (Å²) in [6.07, 6.45) is 4.56. The maximum atomic E-state index is 11.4. The van der Waals surface area contributed by atoms with Crippen molar-refractivity contribution in [1.29, 1.82) is 0 Å². The molecular formula is C18H29N3O. The van der Waals surface area contributed by atoms with E-state index < -0.39 is 0 Å². The van der Waals surface area contributed by atoms with Crippen LogP contribution >= 0.6 is 0 Å². The molecule has 0 bridgehead atoms. The Morgan fingerprint density at radius 1 is 1.27 bits per heavy atom. The lowest BCUT2D eigenvalue weighted by Gasteiger charge is -2.33. The van der Waals surface area contributed by atoms with Crippen molar-refractivity contribution in [3.63, 3.8) is 0 Å². The summed E-state index contributed by atoms with van der Waals surface area (Å²) in [6.45, 7) is 4.83. The van der Waals surface area contributed by atoms with Crippen LogP contribution in [-0.4, -0.2) is 49.6 Å². The third-order valence-corrected chi connectivity index (χ3v) is 4.46. The number of nitrogens with one attached hydrogen (secondary N) is 2. The van der Waals surface area contributed by atoms with Gasteiger partial charge in [0.25, 0.3) is 0 Å². The molecule has 1 amide bonds. The summed E-state index contributed by atoms with van der Waals surface area (Å²) in [5, 5.41) is 6.44. The number of likely N-dealkylation sites (tertiary alicyclic amines) is 1. The zero-order chi connectivity index (χ0) is 15.8. The van der Waals surface area contributed by atoms with Crippen molar-refractivity contribution >= 4 is 5.91 Å². The molecule has 0 saturated carbocycles. The minimum Gasteiger partial charge on any atom is -0.358 e. The van der Waals surface area contributed by atoms with Gasteiger partial charge in [-0.25, -0.2) is 0 Å². The van der Waals surface area contributed by atoms with Crippen LogP contribution in [0.15, 0.2) is 30.3 Å². The molecule has 0 aliphatic carbocycles. The zero-order valence-electron chi connectivity index (χ0n) is 13.8. The van der Waals surface area contributed by atoms with Crippen molar-refractivity contribution in [2.24, 2.45) is 0 Å². The number of hydrogen-bond donors (Lipinski definition) is 2. The van der Waals surface area contributed by atoms with Crippen LogP contribution in [0.25, 0.3) is 0 Å². The zero-order valence-corrected chi connectivity index (χ0v) is 13.8. The number of benzene rings is 1. The Bertz CT molecular complexity index is 441. The molecule has 0 aromatic heterocycles. The van der Waals surface area contributed by atoms with E-state index in [1.165, 1.54) is 12.0 Å². The average Bonchev–Trinajstić information content (AvgIpc) is 2.55. The van der Waals surface area contributed by atoms with Crippen LogP contribution < -0.4 is 10.6 Å². The van der Waals surface area contributed by atoms with Crippen molar-refractivity contribution in [2.75, 3.05) is 26.7 Å². The van der Waals surface area contributed by atoms with Crippen LogP contribution in [0.5, 0.6) is 0 Å². The molecule has 1 unspecified atom stereocenters. The van der Waals surface area contributed by atoms with Crippen molar-refractivity contribution in [3.8, 4) is 0 Å². The number of aryl methyl sites for hydroxylation is 1. The maximum Gasteiger partial charge on any atom is 0.233 e. The van der Waals surface area contributed by atoms with Gasteiger partial charge in [-0.1, -0.05) is 30.3 Å². The Morgan fingerprint density at radius 3 is 2.59 bits per heavy atom. The lowest BCUT2D eigenvalue weighted by atomic mass is 10.0. The van der Waals surface area contributed by atoms with Crippen LogP contribution in [0.4, 0.5) is 0 Å². The molecule has 1 aromatic carbocycles. The molecule has 1 atom stereocenters. The molecule has 0 spiro atoms. The van der Waals surface area contributed by atoms with E-state index in [1.54, 1.807) is 7.05 Å². The molecular weight excluding hydrogens is 274 g/mol. The van der Waals surface area contributed by atoms with E-state index in [9.17, 15) is 4.79 Å². The molecule has 1 aromatic rings. The number of piperidine rings is 1. The van der Waals surface area contributed by atoms with E-state index in [0.29, 0.717) is 18.6 Å².